The van der Waals surface area contributed by atoms with Crippen molar-refractivity contribution >= 4 is 17.3 Å². The molecular formula is C12H28N2P2. The quantitative estimate of drug-likeness (QED) is 0.725. The van der Waals surface area contributed by atoms with E-state index < -0.39 is 0 Å². The Kier molecular flexibility index (Phi) is 4.81. The Morgan fingerprint density at radius 1 is 1.12 bits per heavy atom. The van der Waals surface area contributed by atoms with Crippen molar-refractivity contribution in [1.82, 2.24) is 10.2 Å². The van der Waals surface area contributed by atoms with E-state index in [2.05, 4.69) is 60.7 Å². The summed E-state index contributed by atoms with van der Waals surface area (Å²) in [5, 5.41) is 0. The van der Waals surface area contributed by atoms with Crippen LogP contribution in [-0.2, 0) is 0 Å². The molecule has 0 saturated carbocycles. The number of nitrogens with one attached hydrogen (secondary N) is 1. The van der Waals surface area contributed by atoms with Crippen molar-refractivity contribution in [3.8, 4) is 0 Å². The molecule has 1 aliphatic heterocycles. The van der Waals surface area contributed by atoms with Gasteiger partial charge < -0.3 is 0 Å². The van der Waals surface area contributed by atoms with Gasteiger partial charge in [0.05, 0.1) is 0 Å². The molecule has 4 unspecified atom stereocenters. The fourth-order valence-corrected chi connectivity index (χ4v) is 4.49. The molecule has 1 saturated heterocycles. The van der Waals surface area contributed by atoms with Gasteiger partial charge in [0.2, 0.25) is 0 Å². The lowest BCUT2D eigenvalue weighted by molar-refractivity contribution is -0.00159. The van der Waals surface area contributed by atoms with Gasteiger partial charge in [0, 0.05) is 12.6 Å². The standard InChI is InChI=1S/C12H28N2P2/c1-11(2,3)9-7-8-13-14(16-15)10(9)12(4,5)6/h9-10,13,16H,7-8,15H2,1-6H3. The van der Waals surface area contributed by atoms with Crippen LogP contribution in [0.5, 0.6) is 0 Å². The monoisotopic (exact) mass is 262 g/mol. The Hall–Kier alpha value is 0.780. The molecule has 1 fully saturated rings. The van der Waals surface area contributed by atoms with Crippen molar-refractivity contribution < 1.29 is 0 Å². The van der Waals surface area contributed by atoms with Gasteiger partial charge in [-0.1, -0.05) is 50.5 Å². The van der Waals surface area contributed by atoms with E-state index >= 15 is 0 Å². The van der Waals surface area contributed by atoms with E-state index in [9.17, 15) is 0 Å². The largest absolute Gasteiger partial charge is 0.251 e. The van der Waals surface area contributed by atoms with Crippen LogP contribution in [0.1, 0.15) is 48.0 Å². The maximum absolute atomic E-state index is 3.55. The molecule has 1 aliphatic rings. The summed E-state index contributed by atoms with van der Waals surface area (Å²) in [6, 6.07) is 0.622. The van der Waals surface area contributed by atoms with Gasteiger partial charge in [0.1, 0.15) is 0 Å². The normalized spacial score (nSPS) is 30.2. The molecule has 0 aromatic heterocycles. The molecule has 1 rings (SSSR count). The van der Waals surface area contributed by atoms with E-state index in [0.717, 1.165) is 20.9 Å². The smallest absolute Gasteiger partial charge is 0.0367 e. The lowest BCUT2D eigenvalue weighted by Crippen LogP contribution is -2.58. The highest BCUT2D eigenvalue weighted by atomic mass is 32.0. The average Bonchev–Trinajstić information content (AvgIpc) is 2.13. The first-order chi connectivity index (χ1) is 7.18. The molecule has 4 heteroatoms. The zero-order chi connectivity index (χ0) is 12.6. The van der Waals surface area contributed by atoms with Crippen LogP contribution in [0.3, 0.4) is 0 Å². The summed E-state index contributed by atoms with van der Waals surface area (Å²) in [6.07, 6.45) is 1.29. The summed E-state index contributed by atoms with van der Waals surface area (Å²) in [6.45, 7) is 15.4. The Balaban J connectivity index is 2.97. The molecule has 0 radical (unpaired) electrons. The number of hydrogen-bond donors (Lipinski definition) is 1. The van der Waals surface area contributed by atoms with E-state index in [0.29, 0.717) is 16.9 Å². The van der Waals surface area contributed by atoms with Crippen LogP contribution in [-0.4, -0.2) is 17.4 Å². The molecule has 0 spiro atoms. The third-order valence-corrected chi connectivity index (χ3v) is 5.08. The zero-order valence-electron chi connectivity index (χ0n) is 11.6. The molecule has 4 atom stereocenters. The van der Waals surface area contributed by atoms with Gasteiger partial charge in [-0.3, -0.25) is 5.43 Å². The van der Waals surface area contributed by atoms with Crippen LogP contribution in [0.15, 0.2) is 0 Å². The Labute approximate surface area is 105 Å². The van der Waals surface area contributed by atoms with E-state index in [-0.39, 0.29) is 0 Å². The van der Waals surface area contributed by atoms with Crippen LogP contribution in [0.25, 0.3) is 0 Å². The van der Waals surface area contributed by atoms with Crippen molar-refractivity contribution in [3.63, 3.8) is 0 Å². The molecule has 1 heterocycles. The summed E-state index contributed by atoms with van der Waals surface area (Å²) < 4.78 is 2.45. The minimum atomic E-state index is 0.328. The Morgan fingerprint density at radius 3 is 2.06 bits per heavy atom. The molecule has 2 nitrogen and oxygen atoms in total. The van der Waals surface area contributed by atoms with Crippen molar-refractivity contribution in [3.05, 3.63) is 0 Å². The van der Waals surface area contributed by atoms with Crippen molar-refractivity contribution in [2.45, 2.75) is 54.0 Å². The van der Waals surface area contributed by atoms with Crippen LogP contribution < -0.4 is 5.43 Å². The fourth-order valence-electron chi connectivity index (χ4n) is 2.80. The number of rotatable bonds is 1. The van der Waals surface area contributed by atoms with Gasteiger partial charge in [-0.25, -0.2) is 4.78 Å². The van der Waals surface area contributed by atoms with E-state index in [1.54, 1.807) is 0 Å². The Bertz CT molecular complexity index is 230. The van der Waals surface area contributed by atoms with Crippen LogP contribution >= 0.6 is 17.3 Å². The molecule has 96 valence electrons. The van der Waals surface area contributed by atoms with Crippen LogP contribution in [0.2, 0.25) is 0 Å². The molecule has 0 amide bonds. The van der Waals surface area contributed by atoms with E-state index in [4.69, 9.17) is 0 Å². The minimum absolute atomic E-state index is 0.328. The first-order valence-electron chi connectivity index (χ1n) is 6.17. The van der Waals surface area contributed by atoms with Gasteiger partial charge in [0.25, 0.3) is 0 Å². The minimum Gasteiger partial charge on any atom is -0.251 e. The second-order valence-corrected chi connectivity index (χ2v) is 8.49. The van der Waals surface area contributed by atoms with Crippen molar-refractivity contribution in [1.29, 1.82) is 0 Å². The van der Waals surface area contributed by atoms with Gasteiger partial charge in [-0.2, -0.15) is 0 Å². The van der Waals surface area contributed by atoms with Crippen molar-refractivity contribution in [2.24, 2.45) is 16.7 Å². The highest BCUT2D eigenvalue weighted by Gasteiger charge is 2.43. The summed E-state index contributed by atoms with van der Waals surface area (Å²) in [5.74, 6) is 0.766. The lowest BCUT2D eigenvalue weighted by Gasteiger charge is -2.52. The predicted octanol–water partition coefficient (Wildman–Crippen LogP) is 3.66. The SMILES string of the molecule is CC(C)(C)C1CCNN(PP)C1C(C)(C)C. The second-order valence-electron chi connectivity index (χ2n) is 6.98. The highest BCUT2D eigenvalue weighted by molar-refractivity contribution is 8.01. The number of hydrazine groups is 1. The third kappa shape index (κ3) is 3.39. The first-order valence-corrected chi connectivity index (χ1v) is 8.92. The number of nitrogens with zero attached hydrogens (tertiary/aromatic N) is 1. The maximum Gasteiger partial charge on any atom is 0.0367 e. The summed E-state index contributed by atoms with van der Waals surface area (Å²) in [4.78, 5) is 0. The van der Waals surface area contributed by atoms with Gasteiger partial charge in [0.15, 0.2) is 0 Å². The van der Waals surface area contributed by atoms with E-state index in [1.807, 2.05) is 0 Å². The first kappa shape index (κ1) is 14.8. The molecule has 1 N–H and O–H groups in total. The molecule has 0 aliphatic carbocycles. The van der Waals surface area contributed by atoms with Gasteiger partial charge >= 0.3 is 0 Å². The fraction of sp³-hybridized carbons (Fsp3) is 1.00. The van der Waals surface area contributed by atoms with Crippen LogP contribution in [0, 0.1) is 16.7 Å². The zero-order valence-corrected chi connectivity index (χ0v) is 13.7. The topological polar surface area (TPSA) is 15.3 Å². The van der Waals surface area contributed by atoms with E-state index in [1.165, 1.54) is 6.42 Å². The van der Waals surface area contributed by atoms with Gasteiger partial charge in [-0.05, 0) is 31.6 Å². The van der Waals surface area contributed by atoms with Crippen molar-refractivity contribution in [2.75, 3.05) is 6.54 Å². The lowest BCUT2D eigenvalue weighted by atomic mass is 9.66. The molecular weight excluding hydrogens is 234 g/mol. The molecule has 16 heavy (non-hydrogen) atoms. The summed E-state index contributed by atoms with van der Waals surface area (Å²) in [5.41, 5.74) is 4.27. The van der Waals surface area contributed by atoms with Crippen LogP contribution in [0.4, 0.5) is 0 Å². The predicted molar refractivity (Wildman–Crippen MR) is 78.7 cm³/mol. The summed E-state index contributed by atoms with van der Waals surface area (Å²) >= 11 is 0. The average molecular weight is 262 g/mol. The molecule has 0 aromatic rings. The third-order valence-electron chi connectivity index (χ3n) is 3.54. The molecule has 0 aromatic carbocycles. The maximum atomic E-state index is 3.55. The van der Waals surface area contributed by atoms with Gasteiger partial charge in [-0.15, -0.1) is 0 Å². The second kappa shape index (κ2) is 5.19. The summed E-state index contributed by atoms with van der Waals surface area (Å²) in [7, 11) is 3.64. The Morgan fingerprint density at radius 2 is 1.69 bits per heavy atom. The molecule has 0 bridgehead atoms. The highest BCUT2D eigenvalue weighted by Crippen LogP contribution is 2.46. The number of hydrogen-bond acceptors (Lipinski definition) is 2.